The first-order valence-corrected chi connectivity index (χ1v) is 8.23. The van der Waals surface area contributed by atoms with Gasteiger partial charge >= 0.3 is 6.18 Å². The van der Waals surface area contributed by atoms with Crippen LogP contribution in [0.4, 0.5) is 13.2 Å². The number of rotatable bonds is 4. The van der Waals surface area contributed by atoms with Gasteiger partial charge in [0, 0.05) is 6.54 Å². The highest BCUT2D eigenvalue weighted by molar-refractivity contribution is 7.86. The van der Waals surface area contributed by atoms with Crippen LogP contribution in [0.25, 0.3) is 0 Å². The van der Waals surface area contributed by atoms with E-state index in [0.717, 1.165) is 24.5 Å². The summed E-state index contributed by atoms with van der Waals surface area (Å²) in [5.74, 6) is -1.29. The standard InChI is InChI=1S/C13H14F3NO4S/c1-22(19,20)21-11(10-5-6-17-12(10)18)8-3-2-4-9(7-8)13(14,15)16/h2-4,7,10-11H,5-6H2,1H3,(H,17,18). The summed E-state index contributed by atoms with van der Waals surface area (Å²) >= 11 is 0. The number of hydrogen-bond donors (Lipinski definition) is 1. The molecule has 22 heavy (non-hydrogen) atoms. The molecule has 2 unspecified atom stereocenters. The van der Waals surface area contributed by atoms with Crippen molar-refractivity contribution in [3.63, 3.8) is 0 Å². The van der Waals surface area contributed by atoms with E-state index in [4.69, 9.17) is 4.18 Å². The molecule has 1 heterocycles. The van der Waals surface area contributed by atoms with Gasteiger partial charge in [-0.1, -0.05) is 12.1 Å². The summed E-state index contributed by atoms with van der Waals surface area (Å²) in [5.41, 5.74) is -0.923. The van der Waals surface area contributed by atoms with Gasteiger partial charge < -0.3 is 5.32 Å². The first kappa shape index (κ1) is 16.8. The Kier molecular flexibility index (Phi) is 4.48. The smallest absolute Gasteiger partial charge is 0.356 e. The SMILES string of the molecule is CS(=O)(=O)OC(c1cccc(C(F)(F)F)c1)C1CCNC1=O. The lowest BCUT2D eigenvalue weighted by molar-refractivity contribution is -0.137. The van der Waals surface area contributed by atoms with E-state index >= 15 is 0 Å². The zero-order chi connectivity index (χ0) is 16.5. The maximum Gasteiger partial charge on any atom is 0.416 e. The number of halogens is 3. The summed E-state index contributed by atoms with van der Waals surface area (Å²) < 4.78 is 66.0. The van der Waals surface area contributed by atoms with Gasteiger partial charge in [-0.2, -0.15) is 21.6 Å². The average molecular weight is 337 g/mol. The Morgan fingerprint density at radius 1 is 1.36 bits per heavy atom. The van der Waals surface area contributed by atoms with Crippen molar-refractivity contribution in [1.82, 2.24) is 5.32 Å². The van der Waals surface area contributed by atoms with Gasteiger partial charge in [-0.15, -0.1) is 0 Å². The van der Waals surface area contributed by atoms with E-state index in [1.165, 1.54) is 6.07 Å². The van der Waals surface area contributed by atoms with Crippen molar-refractivity contribution in [2.45, 2.75) is 18.7 Å². The summed E-state index contributed by atoms with van der Waals surface area (Å²) in [7, 11) is -3.94. The molecule has 1 aliphatic rings. The molecule has 1 fully saturated rings. The van der Waals surface area contributed by atoms with Gasteiger partial charge in [0.25, 0.3) is 10.1 Å². The number of nitrogens with one attached hydrogen (secondary N) is 1. The summed E-state index contributed by atoms with van der Waals surface area (Å²) in [6.45, 7) is 0.325. The molecule has 0 aromatic heterocycles. The van der Waals surface area contributed by atoms with Crippen molar-refractivity contribution in [1.29, 1.82) is 0 Å². The van der Waals surface area contributed by atoms with E-state index < -0.39 is 39.8 Å². The van der Waals surface area contributed by atoms with Crippen molar-refractivity contribution < 1.29 is 30.6 Å². The van der Waals surface area contributed by atoms with Crippen LogP contribution < -0.4 is 5.32 Å². The number of alkyl halides is 3. The maximum atomic E-state index is 12.8. The Morgan fingerprint density at radius 3 is 2.55 bits per heavy atom. The van der Waals surface area contributed by atoms with Crippen molar-refractivity contribution >= 4 is 16.0 Å². The molecular formula is C13H14F3NO4S. The molecule has 1 aromatic carbocycles. The van der Waals surface area contributed by atoms with Gasteiger partial charge in [0.2, 0.25) is 5.91 Å². The number of benzene rings is 1. The molecule has 1 aromatic rings. The minimum atomic E-state index is -4.57. The summed E-state index contributed by atoms with van der Waals surface area (Å²) in [5, 5.41) is 2.51. The molecule has 0 spiro atoms. The molecule has 0 radical (unpaired) electrons. The highest BCUT2D eigenvalue weighted by Crippen LogP contribution is 2.36. The fourth-order valence-electron chi connectivity index (χ4n) is 2.34. The predicted molar refractivity (Wildman–Crippen MR) is 71.2 cm³/mol. The summed E-state index contributed by atoms with van der Waals surface area (Å²) in [6.07, 6.45) is -4.76. The van der Waals surface area contributed by atoms with E-state index in [1.54, 1.807) is 0 Å². The highest BCUT2D eigenvalue weighted by atomic mass is 32.2. The summed E-state index contributed by atoms with van der Waals surface area (Å²) in [6, 6.07) is 4.15. The van der Waals surface area contributed by atoms with Gasteiger partial charge in [0.15, 0.2) is 0 Å². The van der Waals surface area contributed by atoms with Gasteiger partial charge in [0.05, 0.1) is 17.7 Å². The lowest BCUT2D eigenvalue weighted by Crippen LogP contribution is -2.27. The molecule has 0 saturated carbocycles. The Balaban J connectivity index is 2.43. The molecule has 0 aliphatic carbocycles. The summed E-state index contributed by atoms with van der Waals surface area (Å²) in [4.78, 5) is 11.7. The second kappa shape index (κ2) is 5.88. The highest BCUT2D eigenvalue weighted by Gasteiger charge is 2.38. The molecule has 9 heteroatoms. The van der Waals surface area contributed by atoms with Crippen LogP contribution in [0.5, 0.6) is 0 Å². The third kappa shape index (κ3) is 3.98. The Hall–Kier alpha value is -1.61. The fourth-order valence-corrected chi connectivity index (χ4v) is 2.96. The van der Waals surface area contributed by atoms with Crippen LogP contribution in [0.3, 0.4) is 0 Å². The molecule has 2 atom stereocenters. The third-order valence-electron chi connectivity index (χ3n) is 3.28. The van der Waals surface area contributed by atoms with Crippen LogP contribution in [0.2, 0.25) is 0 Å². The first-order chi connectivity index (χ1) is 10.1. The zero-order valence-electron chi connectivity index (χ0n) is 11.6. The molecule has 1 amide bonds. The largest absolute Gasteiger partial charge is 0.416 e. The van der Waals surface area contributed by atoms with E-state index in [1.807, 2.05) is 0 Å². The van der Waals surface area contributed by atoms with E-state index in [-0.39, 0.29) is 12.0 Å². The van der Waals surface area contributed by atoms with Crippen molar-refractivity contribution in [3.05, 3.63) is 35.4 Å². The number of hydrogen-bond acceptors (Lipinski definition) is 4. The second-order valence-corrected chi connectivity index (χ2v) is 6.63. The van der Waals surface area contributed by atoms with Gasteiger partial charge in [-0.3, -0.25) is 8.98 Å². The van der Waals surface area contributed by atoms with Crippen LogP contribution >= 0.6 is 0 Å². The van der Waals surface area contributed by atoms with Crippen LogP contribution in [0.15, 0.2) is 24.3 Å². The Bertz CT molecular complexity index is 672. The van der Waals surface area contributed by atoms with E-state index in [0.29, 0.717) is 6.54 Å². The topological polar surface area (TPSA) is 72.5 Å². The second-order valence-electron chi connectivity index (χ2n) is 5.03. The molecule has 5 nitrogen and oxygen atoms in total. The minimum Gasteiger partial charge on any atom is -0.356 e. The molecule has 1 N–H and O–H groups in total. The third-order valence-corrected chi connectivity index (χ3v) is 3.83. The number of carbonyl (C=O) groups excluding carboxylic acids is 1. The molecule has 2 rings (SSSR count). The minimum absolute atomic E-state index is 0.00213. The molecule has 0 bridgehead atoms. The van der Waals surface area contributed by atoms with Gasteiger partial charge in [0.1, 0.15) is 6.10 Å². The van der Waals surface area contributed by atoms with Crippen LogP contribution in [0, 0.1) is 5.92 Å². The van der Waals surface area contributed by atoms with Gasteiger partial charge in [-0.25, -0.2) is 0 Å². The van der Waals surface area contributed by atoms with Crippen LogP contribution in [-0.2, 0) is 25.3 Å². The lowest BCUT2D eigenvalue weighted by Gasteiger charge is -2.22. The fraction of sp³-hybridized carbons (Fsp3) is 0.462. The number of carbonyl (C=O) groups is 1. The monoisotopic (exact) mass is 337 g/mol. The first-order valence-electron chi connectivity index (χ1n) is 6.41. The molecule has 1 saturated heterocycles. The molecule has 122 valence electrons. The van der Waals surface area contributed by atoms with Gasteiger partial charge in [-0.05, 0) is 24.1 Å². The van der Waals surface area contributed by atoms with Crippen molar-refractivity contribution in [2.75, 3.05) is 12.8 Å². The van der Waals surface area contributed by atoms with Crippen molar-refractivity contribution in [2.24, 2.45) is 5.92 Å². The maximum absolute atomic E-state index is 12.8. The molecule has 1 aliphatic heterocycles. The van der Waals surface area contributed by atoms with Crippen molar-refractivity contribution in [3.8, 4) is 0 Å². The van der Waals surface area contributed by atoms with Crippen LogP contribution in [-0.4, -0.2) is 27.1 Å². The average Bonchev–Trinajstić information content (AvgIpc) is 2.80. The lowest BCUT2D eigenvalue weighted by atomic mass is 9.93. The number of amides is 1. The molecular weight excluding hydrogens is 323 g/mol. The Morgan fingerprint density at radius 2 is 2.05 bits per heavy atom. The quantitative estimate of drug-likeness (QED) is 0.851. The zero-order valence-corrected chi connectivity index (χ0v) is 12.4. The van der Waals surface area contributed by atoms with E-state index in [2.05, 4.69) is 5.32 Å². The normalized spacial score (nSPS) is 20.7. The predicted octanol–water partition coefficient (Wildman–Crippen LogP) is 1.86. The van der Waals surface area contributed by atoms with E-state index in [9.17, 15) is 26.4 Å². The Labute approximate surface area is 125 Å². The van der Waals surface area contributed by atoms with Crippen LogP contribution in [0.1, 0.15) is 23.7 Å².